The lowest BCUT2D eigenvalue weighted by molar-refractivity contribution is -0.124. The lowest BCUT2D eigenvalue weighted by Crippen LogP contribution is -2.37. The first-order chi connectivity index (χ1) is 8.06. The van der Waals surface area contributed by atoms with E-state index in [9.17, 15) is 4.79 Å². The van der Waals surface area contributed by atoms with Crippen molar-refractivity contribution in [2.24, 2.45) is 5.73 Å². The summed E-state index contributed by atoms with van der Waals surface area (Å²) in [6.07, 6.45) is 0. The molecular formula is C12H18N2O2S. The summed E-state index contributed by atoms with van der Waals surface area (Å²) >= 11 is 4.12. The van der Waals surface area contributed by atoms with E-state index < -0.39 is 5.44 Å². The van der Waals surface area contributed by atoms with Crippen molar-refractivity contribution in [1.82, 2.24) is 5.32 Å². The van der Waals surface area contributed by atoms with Crippen LogP contribution in [0.25, 0.3) is 0 Å². The predicted octanol–water partition coefficient (Wildman–Crippen LogP) is 1.01. The molecule has 0 radical (unpaired) electrons. The number of thiol groups is 1. The van der Waals surface area contributed by atoms with Gasteiger partial charge >= 0.3 is 0 Å². The molecule has 1 atom stereocenters. The second-order valence-corrected chi connectivity index (χ2v) is 4.22. The second kappa shape index (κ2) is 6.51. The number of carbonyl (C=O) groups is 1. The summed E-state index contributed by atoms with van der Waals surface area (Å²) in [5, 5.41) is 2.62. The Labute approximate surface area is 107 Å². The first-order valence-electron chi connectivity index (χ1n) is 5.45. The molecule has 0 aromatic heterocycles. The summed E-state index contributed by atoms with van der Waals surface area (Å²) in [7, 11) is 0. The summed E-state index contributed by atoms with van der Waals surface area (Å²) in [4.78, 5) is 11.5. The Hall–Kier alpha value is -1.20. The quantitative estimate of drug-likeness (QED) is 0.543. The zero-order valence-electron chi connectivity index (χ0n) is 10.1. The minimum Gasteiger partial charge on any atom is -0.470 e. The van der Waals surface area contributed by atoms with Crippen molar-refractivity contribution in [1.29, 1.82) is 0 Å². The van der Waals surface area contributed by atoms with E-state index in [2.05, 4.69) is 17.9 Å². The van der Waals surface area contributed by atoms with Gasteiger partial charge in [-0.1, -0.05) is 12.1 Å². The Morgan fingerprint density at radius 1 is 1.53 bits per heavy atom. The summed E-state index contributed by atoms with van der Waals surface area (Å²) in [5.74, 6) is 0.396. The van der Waals surface area contributed by atoms with Crippen molar-refractivity contribution < 1.29 is 9.53 Å². The van der Waals surface area contributed by atoms with E-state index in [1.807, 2.05) is 32.0 Å². The number of amides is 1. The van der Waals surface area contributed by atoms with Crippen LogP contribution in [0.1, 0.15) is 11.1 Å². The number of benzene rings is 1. The Kier molecular flexibility index (Phi) is 5.31. The van der Waals surface area contributed by atoms with Crippen molar-refractivity contribution in [3.05, 3.63) is 29.3 Å². The molecule has 0 fully saturated rings. The van der Waals surface area contributed by atoms with Crippen LogP contribution in [0.3, 0.4) is 0 Å². The van der Waals surface area contributed by atoms with Crippen LogP contribution in [-0.2, 0) is 4.79 Å². The van der Waals surface area contributed by atoms with Crippen LogP contribution < -0.4 is 15.8 Å². The fraction of sp³-hybridized carbons (Fsp3) is 0.417. The van der Waals surface area contributed by atoms with Gasteiger partial charge in [0.15, 0.2) is 0 Å². The first-order valence-corrected chi connectivity index (χ1v) is 5.96. The molecule has 0 spiro atoms. The fourth-order valence-corrected chi connectivity index (χ4v) is 1.51. The molecule has 0 saturated heterocycles. The third kappa shape index (κ3) is 3.94. The Bertz CT molecular complexity index is 396. The molecule has 4 nitrogen and oxygen atoms in total. The highest BCUT2D eigenvalue weighted by molar-refractivity contribution is 7.81. The highest BCUT2D eigenvalue weighted by atomic mass is 32.1. The maximum atomic E-state index is 11.5. The molecule has 1 rings (SSSR count). The van der Waals surface area contributed by atoms with E-state index >= 15 is 0 Å². The van der Waals surface area contributed by atoms with Gasteiger partial charge < -0.3 is 15.8 Å². The van der Waals surface area contributed by atoms with Crippen molar-refractivity contribution in [2.75, 3.05) is 13.1 Å². The average Bonchev–Trinajstić information content (AvgIpc) is 2.31. The molecule has 1 amide bonds. The van der Waals surface area contributed by atoms with Crippen LogP contribution in [0.4, 0.5) is 0 Å². The van der Waals surface area contributed by atoms with Crippen molar-refractivity contribution >= 4 is 18.5 Å². The monoisotopic (exact) mass is 254 g/mol. The lowest BCUT2D eigenvalue weighted by atomic mass is 10.1. The molecule has 0 bridgehead atoms. The largest absolute Gasteiger partial charge is 0.470 e. The molecule has 1 unspecified atom stereocenters. The Balaban J connectivity index is 2.64. The van der Waals surface area contributed by atoms with Crippen LogP contribution in [0.15, 0.2) is 18.2 Å². The summed E-state index contributed by atoms with van der Waals surface area (Å²) < 4.78 is 5.50. The Morgan fingerprint density at radius 3 is 2.88 bits per heavy atom. The predicted molar refractivity (Wildman–Crippen MR) is 71.4 cm³/mol. The molecule has 1 aromatic carbocycles. The molecule has 17 heavy (non-hydrogen) atoms. The van der Waals surface area contributed by atoms with E-state index in [1.165, 1.54) is 0 Å². The maximum absolute atomic E-state index is 11.5. The van der Waals surface area contributed by atoms with Gasteiger partial charge in [-0.15, -0.1) is 12.6 Å². The highest BCUT2D eigenvalue weighted by Crippen LogP contribution is 2.22. The van der Waals surface area contributed by atoms with Crippen LogP contribution >= 0.6 is 12.6 Å². The molecule has 0 saturated carbocycles. The number of rotatable bonds is 5. The zero-order chi connectivity index (χ0) is 12.8. The highest BCUT2D eigenvalue weighted by Gasteiger charge is 2.15. The topological polar surface area (TPSA) is 64.3 Å². The number of carbonyl (C=O) groups excluding carboxylic acids is 1. The molecule has 0 heterocycles. The van der Waals surface area contributed by atoms with Gasteiger partial charge in [0.1, 0.15) is 5.75 Å². The van der Waals surface area contributed by atoms with Crippen molar-refractivity contribution in [3.8, 4) is 5.75 Å². The third-order valence-electron chi connectivity index (χ3n) is 2.46. The summed E-state index contributed by atoms with van der Waals surface area (Å²) in [5.41, 5.74) is 6.60. The SMILES string of the molecule is Cc1cccc(OC(S)C(=O)NCCN)c1C. The number of ether oxygens (including phenoxy) is 1. The molecule has 0 aliphatic heterocycles. The van der Waals surface area contributed by atoms with Gasteiger partial charge in [-0.3, -0.25) is 4.79 Å². The van der Waals surface area contributed by atoms with Gasteiger partial charge in [-0.25, -0.2) is 0 Å². The Morgan fingerprint density at radius 2 is 2.24 bits per heavy atom. The van der Waals surface area contributed by atoms with Gasteiger partial charge in [-0.2, -0.15) is 0 Å². The van der Waals surface area contributed by atoms with E-state index in [1.54, 1.807) is 0 Å². The first kappa shape index (κ1) is 13.9. The zero-order valence-corrected chi connectivity index (χ0v) is 11.0. The van der Waals surface area contributed by atoms with E-state index in [4.69, 9.17) is 10.5 Å². The number of nitrogens with one attached hydrogen (secondary N) is 1. The van der Waals surface area contributed by atoms with Crippen LogP contribution in [-0.4, -0.2) is 24.4 Å². The van der Waals surface area contributed by atoms with E-state index in [-0.39, 0.29) is 5.91 Å². The van der Waals surface area contributed by atoms with Crippen molar-refractivity contribution in [2.45, 2.75) is 19.3 Å². The maximum Gasteiger partial charge on any atom is 0.271 e. The minimum absolute atomic E-state index is 0.278. The van der Waals surface area contributed by atoms with E-state index in [0.717, 1.165) is 11.1 Å². The second-order valence-electron chi connectivity index (χ2n) is 3.75. The van der Waals surface area contributed by atoms with Gasteiger partial charge in [-0.05, 0) is 31.0 Å². The molecule has 1 aromatic rings. The number of hydrogen-bond donors (Lipinski definition) is 3. The normalized spacial score (nSPS) is 12.0. The summed E-state index contributed by atoms with van der Waals surface area (Å²) in [6, 6.07) is 5.70. The molecule has 94 valence electrons. The molecule has 0 aliphatic rings. The number of aryl methyl sites for hydroxylation is 1. The van der Waals surface area contributed by atoms with Gasteiger partial charge in [0.2, 0.25) is 5.44 Å². The standard InChI is InChI=1S/C12H18N2O2S/c1-8-4-3-5-10(9(8)2)16-12(17)11(15)14-7-6-13/h3-5,12,17H,6-7,13H2,1-2H3,(H,14,15). The van der Waals surface area contributed by atoms with Crippen LogP contribution in [0.5, 0.6) is 5.75 Å². The van der Waals surface area contributed by atoms with Gasteiger partial charge in [0.25, 0.3) is 5.91 Å². The molecular weight excluding hydrogens is 236 g/mol. The van der Waals surface area contributed by atoms with Crippen molar-refractivity contribution in [3.63, 3.8) is 0 Å². The molecule has 3 N–H and O–H groups in total. The number of hydrogen-bond acceptors (Lipinski definition) is 4. The molecule has 0 aliphatic carbocycles. The minimum atomic E-state index is -0.818. The van der Waals surface area contributed by atoms with Crippen LogP contribution in [0.2, 0.25) is 0 Å². The van der Waals surface area contributed by atoms with Crippen LogP contribution in [0, 0.1) is 13.8 Å². The lowest BCUT2D eigenvalue weighted by Gasteiger charge is -2.16. The number of nitrogens with two attached hydrogens (primary N) is 1. The average molecular weight is 254 g/mol. The summed E-state index contributed by atoms with van der Waals surface area (Å²) in [6.45, 7) is 4.76. The van der Waals surface area contributed by atoms with Gasteiger partial charge in [0.05, 0.1) is 0 Å². The fourth-order valence-electron chi connectivity index (χ4n) is 1.31. The third-order valence-corrected chi connectivity index (χ3v) is 2.80. The van der Waals surface area contributed by atoms with Gasteiger partial charge in [0, 0.05) is 13.1 Å². The smallest absolute Gasteiger partial charge is 0.271 e. The molecule has 5 heteroatoms. The van der Waals surface area contributed by atoms with E-state index in [0.29, 0.717) is 18.8 Å².